The molecular formula is C18H16N2S. The summed E-state index contributed by atoms with van der Waals surface area (Å²) >= 11 is 1.71. The van der Waals surface area contributed by atoms with E-state index in [1.165, 1.54) is 38.0 Å². The predicted octanol–water partition coefficient (Wildman–Crippen LogP) is 5.07. The predicted molar refractivity (Wildman–Crippen MR) is 91.0 cm³/mol. The fourth-order valence-corrected chi connectivity index (χ4v) is 3.87. The minimum absolute atomic E-state index is 1.11. The van der Waals surface area contributed by atoms with Crippen molar-refractivity contribution in [2.75, 3.05) is 0 Å². The van der Waals surface area contributed by atoms with Crippen molar-refractivity contribution in [2.24, 2.45) is 7.05 Å². The lowest BCUT2D eigenvalue weighted by Crippen LogP contribution is -1.92. The largest absolute Gasteiger partial charge is 0.344 e. The number of rotatable bonds is 1. The van der Waals surface area contributed by atoms with Crippen LogP contribution in [0, 0.1) is 13.8 Å². The van der Waals surface area contributed by atoms with Crippen molar-refractivity contribution < 1.29 is 0 Å². The summed E-state index contributed by atoms with van der Waals surface area (Å²) < 4.78 is 3.53. The van der Waals surface area contributed by atoms with Crippen molar-refractivity contribution in [3.05, 3.63) is 53.0 Å². The molecule has 0 aliphatic rings. The second kappa shape index (κ2) is 4.43. The van der Waals surface area contributed by atoms with Crippen molar-refractivity contribution in [3.8, 4) is 11.3 Å². The molecule has 2 nitrogen and oxygen atoms in total. The Morgan fingerprint density at radius 3 is 2.76 bits per heavy atom. The number of thiazole rings is 1. The number of hydrogen-bond acceptors (Lipinski definition) is 2. The van der Waals surface area contributed by atoms with Gasteiger partial charge in [0.2, 0.25) is 0 Å². The molecular weight excluding hydrogens is 276 g/mol. The zero-order valence-corrected chi connectivity index (χ0v) is 13.2. The molecule has 0 aliphatic heterocycles. The minimum Gasteiger partial charge on any atom is -0.344 e. The van der Waals surface area contributed by atoms with Gasteiger partial charge < -0.3 is 4.57 Å². The van der Waals surface area contributed by atoms with Gasteiger partial charge in [-0.2, -0.15) is 0 Å². The third-order valence-corrected chi connectivity index (χ3v) is 4.94. The molecule has 4 rings (SSSR count). The van der Waals surface area contributed by atoms with Gasteiger partial charge in [-0.05, 0) is 49.2 Å². The van der Waals surface area contributed by atoms with E-state index in [0.29, 0.717) is 0 Å². The highest BCUT2D eigenvalue weighted by Gasteiger charge is 2.13. The van der Waals surface area contributed by atoms with E-state index < -0.39 is 0 Å². The van der Waals surface area contributed by atoms with Crippen LogP contribution < -0.4 is 0 Å². The summed E-state index contributed by atoms with van der Waals surface area (Å²) in [6.45, 7) is 4.32. The van der Waals surface area contributed by atoms with Gasteiger partial charge in [0, 0.05) is 23.5 Å². The lowest BCUT2D eigenvalue weighted by Gasteiger charge is -2.07. The van der Waals surface area contributed by atoms with Crippen molar-refractivity contribution in [1.29, 1.82) is 0 Å². The Hall–Kier alpha value is -2.13. The second-order valence-corrected chi connectivity index (χ2v) is 6.49. The summed E-state index contributed by atoms with van der Waals surface area (Å²) in [5.74, 6) is 0. The molecule has 2 aromatic heterocycles. The lowest BCUT2D eigenvalue weighted by atomic mass is 10.1. The zero-order valence-electron chi connectivity index (χ0n) is 12.3. The van der Waals surface area contributed by atoms with E-state index >= 15 is 0 Å². The Morgan fingerprint density at radius 1 is 1.10 bits per heavy atom. The van der Waals surface area contributed by atoms with E-state index in [4.69, 9.17) is 0 Å². The summed E-state index contributed by atoms with van der Waals surface area (Å²) in [7, 11) is 2.14. The first-order valence-corrected chi connectivity index (χ1v) is 7.92. The van der Waals surface area contributed by atoms with Crippen LogP contribution in [0.1, 0.15) is 11.1 Å². The lowest BCUT2D eigenvalue weighted by molar-refractivity contribution is 0.979. The molecule has 0 saturated carbocycles. The van der Waals surface area contributed by atoms with Gasteiger partial charge in [0.1, 0.15) is 0 Å². The fraction of sp³-hybridized carbons (Fsp3) is 0.167. The molecule has 2 aromatic carbocycles. The van der Waals surface area contributed by atoms with Crippen LogP contribution in [-0.4, -0.2) is 9.55 Å². The van der Waals surface area contributed by atoms with Gasteiger partial charge in [-0.15, -0.1) is 11.3 Å². The van der Waals surface area contributed by atoms with Gasteiger partial charge >= 0.3 is 0 Å². The number of nitrogens with zero attached hydrogens (tertiary/aromatic N) is 2. The normalized spacial score (nSPS) is 11.6. The van der Waals surface area contributed by atoms with E-state index in [-0.39, 0.29) is 0 Å². The number of fused-ring (bicyclic) bond motifs is 2. The first kappa shape index (κ1) is 12.6. The summed E-state index contributed by atoms with van der Waals surface area (Å²) in [5, 5.41) is 1.32. The highest BCUT2D eigenvalue weighted by Crippen LogP contribution is 2.35. The number of aryl methyl sites for hydroxylation is 3. The van der Waals surface area contributed by atoms with Crippen LogP contribution in [0.15, 0.2) is 41.9 Å². The van der Waals surface area contributed by atoms with Crippen LogP contribution in [0.3, 0.4) is 0 Å². The maximum Gasteiger partial charge on any atom is 0.0905 e. The topological polar surface area (TPSA) is 17.8 Å². The molecule has 0 spiro atoms. The Labute approximate surface area is 127 Å². The van der Waals surface area contributed by atoms with Crippen molar-refractivity contribution in [3.63, 3.8) is 0 Å². The smallest absolute Gasteiger partial charge is 0.0905 e. The van der Waals surface area contributed by atoms with Crippen LogP contribution in [-0.2, 0) is 7.05 Å². The number of aromatic nitrogens is 2. The van der Waals surface area contributed by atoms with Gasteiger partial charge in [-0.25, -0.2) is 4.98 Å². The highest BCUT2D eigenvalue weighted by molar-refractivity contribution is 7.16. The van der Waals surface area contributed by atoms with E-state index in [1.807, 2.05) is 5.51 Å². The van der Waals surface area contributed by atoms with Crippen LogP contribution in [0.25, 0.3) is 32.4 Å². The molecule has 0 radical (unpaired) electrons. The quantitative estimate of drug-likeness (QED) is 0.479. The molecule has 4 aromatic rings. The minimum atomic E-state index is 1.11. The van der Waals surface area contributed by atoms with Crippen molar-refractivity contribution in [1.82, 2.24) is 9.55 Å². The molecule has 21 heavy (non-hydrogen) atoms. The Morgan fingerprint density at radius 2 is 1.95 bits per heavy atom. The monoisotopic (exact) mass is 292 g/mol. The summed E-state index contributed by atoms with van der Waals surface area (Å²) in [6, 6.07) is 13.2. The standard InChI is InChI=1S/C18H16N2S/c1-11-7-14(18-17(8-11)21-10-19-18)16-9-13-12(2)5-4-6-15(13)20(16)3/h4-10H,1-3H3. The van der Waals surface area contributed by atoms with Gasteiger partial charge in [0.15, 0.2) is 0 Å². The van der Waals surface area contributed by atoms with Gasteiger partial charge in [0.05, 0.1) is 21.4 Å². The molecule has 0 N–H and O–H groups in total. The fourth-order valence-electron chi connectivity index (χ4n) is 3.07. The summed E-state index contributed by atoms with van der Waals surface area (Å²) in [6.07, 6.45) is 0. The first-order valence-electron chi connectivity index (χ1n) is 7.04. The van der Waals surface area contributed by atoms with Crippen molar-refractivity contribution >= 4 is 32.5 Å². The maximum absolute atomic E-state index is 4.58. The Kier molecular flexibility index (Phi) is 2.66. The SMILES string of the molecule is Cc1cc(-c2cc3c(C)cccc3n2C)c2ncsc2c1. The van der Waals surface area contributed by atoms with Crippen molar-refractivity contribution in [2.45, 2.75) is 13.8 Å². The molecule has 0 unspecified atom stereocenters. The number of benzene rings is 2. The van der Waals surface area contributed by atoms with Crippen LogP contribution in [0.5, 0.6) is 0 Å². The Bertz CT molecular complexity index is 976. The second-order valence-electron chi connectivity index (χ2n) is 5.61. The van der Waals surface area contributed by atoms with E-state index in [1.54, 1.807) is 11.3 Å². The molecule has 0 fully saturated rings. The third-order valence-electron chi connectivity index (χ3n) is 4.16. The molecule has 3 heteroatoms. The summed E-state index contributed by atoms with van der Waals surface area (Å²) in [4.78, 5) is 4.58. The molecule has 104 valence electrons. The molecule has 0 atom stereocenters. The average molecular weight is 292 g/mol. The zero-order chi connectivity index (χ0) is 14.6. The molecule has 0 bridgehead atoms. The van der Waals surface area contributed by atoms with E-state index in [0.717, 1.165) is 5.52 Å². The molecule has 0 aliphatic carbocycles. The molecule has 0 amide bonds. The molecule has 0 saturated heterocycles. The van der Waals surface area contributed by atoms with Crippen LogP contribution in [0.2, 0.25) is 0 Å². The van der Waals surface area contributed by atoms with Gasteiger partial charge in [-0.1, -0.05) is 12.1 Å². The van der Waals surface area contributed by atoms with Crippen LogP contribution >= 0.6 is 11.3 Å². The third kappa shape index (κ3) is 1.81. The number of hydrogen-bond donors (Lipinski definition) is 0. The van der Waals surface area contributed by atoms with E-state index in [9.17, 15) is 0 Å². The average Bonchev–Trinajstić information content (AvgIpc) is 3.04. The maximum atomic E-state index is 4.58. The van der Waals surface area contributed by atoms with Gasteiger partial charge in [0.25, 0.3) is 0 Å². The molecule has 2 heterocycles. The first-order chi connectivity index (χ1) is 10.1. The van der Waals surface area contributed by atoms with Crippen LogP contribution in [0.4, 0.5) is 0 Å². The summed E-state index contributed by atoms with van der Waals surface area (Å²) in [5.41, 5.74) is 9.37. The highest BCUT2D eigenvalue weighted by atomic mass is 32.1. The van der Waals surface area contributed by atoms with E-state index in [2.05, 4.69) is 66.8 Å². The van der Waals surface area contributed by atoms with Gasteiger partial charge in [-0.3, -0.25) is 0 Å². The Balaban J connectivity index is 2.11.